The fraction of sp³-hybridized carbons (Fsp3) is 0.273. The summed E-state index contributed by atoms with van der Waals surface area (Å²) in [7, 11) is 0. The fourth-order valence-electron chi connectivity index (χ4n) is 4.78. The summed E-state index contributed by atoms with van der Waals surface area (Å²) in [4.78, 5) is 18.1. The lowest BCUT2D eigenvalue weighted by atomic mass is 9.94. The number of unbranched alkanes of at least 4 members (excludes halogenated alkanes) is 1. The molecule has 0 unspecified atom stereocenters. The van der Waals surface area contributed by atoms with E-state index in [9.17, 15) is 4.79 Å². The van der Waals surface area contributed by atoms with Gasteiger partial charge in [-0.3, -0.25) is 0 Å². The minimum atomic E-state index is -0.563. The highest BCUT2D eigenvalue weighted by molar-refractivity contribution is 6.03. The van der Waals surface area contributed by atoms with Gasteiger partial charge in [-0.2, -0.15) is 0 Å². The predicted molar refractivity (Wildman–Crippen MR) is 152 cm³/mol. The average Bonchev–Trinajstić information content (AvgIpc) is 3.23. The molecule has 0 atom stereocenters. The van der Waals surface area contributed by atoms with E-state index in [0.717, 1.165) is 59.0 Å². The highest BCUT2D eigenvalue weighted by atomic mass is 16.6. The van der Waals surface area contributed by atoms with Gasteiger partial charge in [0.05, 0.1) is 16.6 Å². The van der Waals surface area contributed by atoms with E-state index in [1.807, 2.05) is 51.1 Å². The average molecular weight is 491 g/mol. The number of nitrogens with zero attached hydrogens (tertiary/aromatic N) is 2. The molecule has 5 aromatic rings. The van der Waals surface area contributed by atoms with Crippen LogP contribution in [0.2, 0.25) is 0 Å². The van der Waals surface area contributed by atoms with E-state index in [1.54, 1.807) is 0 Å². The standard InChI is InChI=1S/C33H34N2O2/c1-5-6-15-31-34-29-13-9-10-14-30(29)35(31)22-23-16-18-24(19-17-23)27-20-25-11-7-8-12-26(25)21-28(27)32(36)37-33(2,3)4/h7-14,16-21H,5-6,15,22H2,1-4H3. The minimum absolute atomic E-state index is 0.303. The number of esters is 1. The summed E-state index contributed by atoms with van der Waals surface area (Å²) in [6.45, 7) is 8.67. The number of imidazole rings is 1. The highest BCUT2D eigenvalue weighted by Gasteiger charge is 2.22. The molecule has 188 valence electrons. The van der Waals surface area contributed by atoms with Gasteiger partial charge in [0.15, 0.2) is 0 Å². The van der Waals surface area contributed by atoms with Gasteiger partial charge in [-0.25, -0.2) is 9.78 Å². The van der Waals surface area contributed by atoms with Crippen LogP contribution in [0.25, 0.3) is 32.9 Å². The van der Waals surface area contributed by atoms with E-state index in [0.29, 0.717) is 5.56 Å². The summed E-state index contributed by atoms with van der Waals surface area (Å²) in [5.41, 5.74) is 5.32. The SMILES string of the molecule is CCCCc1nc2ccccc2n1Cc1ccc(-c2cc3ccccc3cc2C(=O)OC(C)(C)C)cc1. The molecule has 5 rings (SSSR count). The molecule has 0 N–H and O–H groups in total. The Morgan fingerprint density at radius 1 is 0.892 bits per heavy atom. The van der Waals surface area contributed by atoms with Crippen LogP contribution in [0.3, 0.4) is 0 Å². The Morgan fingerprint density at radius 3 is 2.27 bits per heavy atom. The molecule has 0 aliphatic heterocycles. The molecule has 37 heavy (non-hydrogen) atoms. The van der Waals surface area contributed by atoms with Gasteiger partial charge in [0, 0.05) is 13.0 Å². The summed E-state index contributed by atoms with van der Waals surface area (Å²) in [5.74, 6) is 0.830. The van der Waals surface area contributed by atoms with Gasteiger partial charge in [0.1, 0.15) is 11.4 Å². The first-order valence-corrected chi connectivity index (χ1v) is 13.1. The van der Waals surface area contributed by atoms with Crippen molar-refractivity contribution in [3.05, 3.63) is 102 Å². The predicted octanol–water partition coefficient (Wildman–Crippen LogP) is 8.20. The van der Waals surface area contributed by atoms with Crippen molar-refractivity contribution in [3.8, 4) is 11.1 Å². The van der Waals surface area contributed by atoms with Crippen LogP contribution in [-0.4, -0.2) is 21.1 Å². The molecule has 1 heterocycles. The molecular weight excluding hydrogens is 456 g/mol. The second-order valence-electron chi connectivity index (χ2n) is 10.7. The molecular formula is C33H34N2O2. The molecule has 0 saturated heterocycles. The molecule has 4 nitrogen and oxygen atoms in total. The topological polar surface area (TPSA) is 44.1 Å². The van der Waals surface area contributed by atoms with Crippen molar-refractivity contribution in [2.45, 2.75) is 59.1 Å². The fourth-order valence-corrected chi connectivity index (χ4v) is 4.78. The smallest absolute Gasteiger partial charge is 0.339 e. The van der Waals surface area contributed by atoms with E-state index in [2.05, 4.69) is 66.1 Å². The molecule has 0 aliphatic rings. The number of aromatic nitrogens is 2. The van der Waals surface area contributed by atoms with Gasteiger partial charge in [-0.05, 0) is 78.9 Å². The number of rotatable bonds is 7. The first kappa shape index (κ1) is 24.8. The minimum Gasteiger partial charge on any atom is -0.456 e. The van der Waals surface area contributed by atoms with Crippen LogP contribution in [-0.2, 0) is 17.7 Å². The zero-order valence-electron chi connectivity index (χ0n) is 22.1. The molecule has 0 fully saturated rings. The molecule has 4 heteroatoms. The van der Waals surface area contributed by atoms with Crippen molar-refractivity contribution in [2.75, 3.05) is 0 Å². The third-order valence-electron chi connectivity index (χ3n) is 6.60. The van der Waals surface area contributed by atoms with Gasteiger partial charge >= 0.3 is 5.97 Å². The van der Waals surface area contributed by atoms with Crippen molar-refractivity contribution >= 4 is 27.8 Å². The summed E-state index contributed by atoms with van der Waals surface area (Å²) in [6.07, 6.45) is 3.24. The Balaban J connectivity index is 1.51. The highest BCUT2D eigenvalue weighted by Crippen LogP contribution is 2.31. The Hall–Kier alpha value is -3.92. The number of hydrogen-bond acceptors (Lipinski definition) is 3. The summed E-state index contributed by atoms with van der Waals surface area (Å²) < 4.78 is 8.10. The van der Waals surface area contributed by atoms with Crippen molar-refractivity contribution in [1.82, 2.24) is 9.55 Å². The molecule has 0 amide bonds. The number of hydrogen-bond donors (Lipinski definition) is 0. The van der Waals surface area contributed by atoms with E-state index >= 15 is 0 Å². The maximum absolute atomic E-state index is 13.2. The monoisotopic (exact) mass is 490 g/mol. The van der Waals surface area contributed by atoms with E-state index < -0.39 is 5.60 Å². The van der Waals surface area contributed by atoms with Gasteiger partial charge in [-0.15, -0.1) is 0 Å². The quantitative estimate of drug-likeness (QED) is 0.216. The molecule has 4 aromatic carbocycles. The van der Waals surface area contributed by atoms with Crippen molar-refractivity contribution < 1.29 is 9.53 Å². The second-order valence-corrected chi connectivity index (χ2v) is 10.7. The van der Waals surface area contributed by atoms with Gasteiger partial charge in [0.2, 0.25) is 0 Å². The lowest BCUT2D eigenvalue weighted by Crippen LogP contribution is -2.24. The Morgan fingerprint density at radius 2 is 1.57 bits per heavy atom. The third kappa shape index (κ3) is 5.43. The molecule has 0 bridgehead atoms. The molecule has 0 radical (unpaired) electrons. The number of benzene rings is 4. The van der Waals surface area contributed by atoms with Crippen LogP contribution in [0, 0.1) is 0 Å². The zero-order valence-corrected chi connectivity index (χ0v) is 22.1. The lowest BCUT2D eigenvalue weighted by Gasteiger charge is -2.21. The number of para-hydroxylation sites is 2. The third-order valence-corrected chi connectivity index (χ3v) is 6.60. The van der Waals surface area contributed by atoms with Crippen LogP contribution in [0.15, 0.2) is 84.9 Å². The Labute approximate surface area is 218 Å². The number of fused-ring (bicyclic) bond motifs is 2. The largest absolute Gasteiger partial charge is 0.456 e. The lowest BCUT2D eigenvalue weighted by molar-refractivity contribution is 0.00706. The Bertz CT molecular complexity index is 1560. The number of carbonyl (C=O) groups is 1. The summed E-state index contributed by atoms with van der Waals surface area (Å²) >= 11 is 0. The van der Waals surface area contributed by atoms with E-state index in [4.69, 9.17) is 9.72 Å². The van der Waals surface area contributed by atoms with Crippen LogP contribution in [0.5, 0.6) is 0 Å². The first-order valence-electron chi connectivity index (χ1n) is 13.1. The van der Waals surface area contributed by atoms with E-state index in [-0.39, 0.29) is 5.97 Å². The maximum atomic E-state index is 13.2. The normalized spacial score (nSPS) is 11.8. The first-order chi connectivity index (χ1) is 17.8. The molecule has 1 aromatic heterocycles. The van der Waals surface area contributed by atoms with Crippen molar-refractivity contribution in [3.63, 3.8) is 0 Å². The van der Waals surface area contributed by atoms with Crippen LogP contribution >= 0.6 is 0 Å². The van der Waals surface area contributed by atoms with Gasteiger partial charge in [0.25, 0.3) is 0 Å². The van der Waals surface area contributed by atoms with Crippen LogP contribution < -0.4 is 0 Å². The van der Waals surface area contributed by atoms with E-state index in [1.165, 1.54) is 11.1 Å². The van der Waals surface area contributed by atoms with Crippen molar-refractivity contribution in [2.24, 2.45) is 0 Å². The van der Waals surface area contributed by atoms with Gasteiger partial charge < -0.3 is 9.30 Å². The van der Waals surface area contributed by atoms with Crippen molar-refractivity contribution in [1.29, 1.82) is 0 Å². The summed E-state index contributed by atoms with van der Waals surface area (Å²) in [6, 6.07) is 29.0. The maximum Gasteiger partial charge on any atom is 0.339 e. The number of ether oxygens (including phenoxy) is 1. The number of carbonyl (C=O) groups excluding carboxylic acids is 1. The molecule has 0 aliphatic carbocycles. The molecule has 0 spiro atoms. The number of aryl methyl sites for hydroxylation is 1. The Kier molecular flexibility index (Phi) is 6.84. The van der Waals surface area contributed by atoms with Crippen LogP contribution in [0.4, 0.5) is 0 Å². The molecule has 0 saturated carbocycles. The summed E-state index contributed by atoms with van der Waals surface area (Å²) in [5, 5.41) is 2.12. The van der Waals surface area contributed by atoms with Gasteiger partial charge in [-0.1, -0.05) is 74.0 Å². The zero-order chi connectivity index (χ0) is 26.0. The van der Waals surface area contributed by atoms with Crippen LogP contribution in [0.1, 0.15) is 62.3 Å². The second kappa shape index (κ2) is 10.2.